The minimum absolute atomic E-state index is 0.859. The van der Waals surface area contributed by atoms with Crippen LogP contribution < -0.4 is 5.32 Å². The highest BCUT2D eigenvalue weighted by Gasteiger charge is 2.39. The maximum atomic E-state index is 4.54. The van der Waals surface area contributed by atoms with Crippen LogP contribution in [0.15, 0.2) is 34.9 Å². The second-order valence-electron chi connectivity index (χ2n) is 6.31. The average molecular weight is 331 g/mol. The summed E-state index contributed by atoms with van der Waals surface area (Å²) in [5.74, 6) is 3.88. The fourth-order valence-corrected chi connectivity index (χ4v) is 4.66. The molecule has 104 valence electrons. The highest BCUT2D eigenvalue weighted by atomic mass is 79.9. The van der Waals surface area contributed by atoms with Crippen LogP contribution in [0.5, 0.6) is 0 Å². The summed E-state index contributed by atoms with van der Waals surface area (Å²) < 4.78 is 1.14. The van der Waals surface area contributed by atoms with E-state index in [-0.39, 0.29) is 0 Å². The Morgan fingerprint density at radius 3 is 2.90 bits per heavy atom. The molecule has 2 aliphatic rings. The van der Waals surface area contributed by atoms with E-state index in [0.717, 1.165) is 34.6 Å². The topological polar surface area (TPSA) is 24.9 Å². The summed E-state index contributed by atoms with van der Waals surface area (Å²) in [7, 11) is 0. The number of hydrogen-bond donors (Lipinski definition) is 1. The van der Waals surface area contributed by atoms with Gasteiger partial charge in [0.15, 0.2) is 0 Å². The van der Waals surface area contributed by atoms with Crippen LogP contribution in [-0.4, -0.2) is 11.5 Å². The molecular formula is C17H19BrN2. The van der Waals surface area contributed by atoms with Gasteiger partial charge in [0.1, 0.15) is 5.82 Å². The third-order valence-electron chi connectivity index (χ3n) is 5.17. The lowest BCUT2D eigenvalue weighted by atomic mass is 9.89. The molecule has 2 fully saturated rings. The zero-order valence-corrected chi connectivity index (χ0v) is 13.1. The molecule has 2 aromatic rings. The van der Waals surface area contributed by atoms with Gasteiger partial charge in [-0.2, -0.15) is 0 Å². The Kier molecular flexibility index (Phi) is 3.18. The molecule has 20 heavy (non-hydrogen) atoms. The van der Waals surface area contributed by atoms with Gasteiger partial charge in [-0.05, 0) is 49.1 Å². The number of rotatable bonds is 3. The number of halogens is 1. The molecule has 1 aromatic heterocycles. The Labute approximate surface area is 128 Å². The Morgan fingerprint density at radius 2 is 2.10 bits per heavy atom. The Morgan fingerprint density at radius 1 is 1.15 bits per heavy atom. The molecule has 3 atom stereocenters. The molecule has 2 bridgehead atoms. The van der Waals surface area contributed by atoms with Crippen molar-refractivity contribution in [1.82, 2.24) is 4.98 Å². The third kappa shape index (κ3) is 2.12. The summed E-state index contributed by atoms with van der Waals surface area (Å²) in [6.07, 6.45) is 7.72. The van der Waals surface area contributed by atoms with Crippen LogP contribution in [-0.2, 0) is 0 Å². The second kappa shape index (κ2) is 5.03. The van der Waals surface area contributed by atoms with E-state index in [1.54, 1.807) is 0 Å². The number of anilines is 1. The summed E-state index contributed by atoms with van der Waals surface area (Å²) in [4.78, 5) is 4.54. The molecule has 3 heteroatoms. The van der Waals surface area contributed by atoms with Crippen molar-refractivity contribution in [3.05, 3.63) is 34.9 Å². The molecule has 1 aromatic carbocycles. The summed E-state index contributed by atoms with van der Waals surface area (Å²) in [5.41, 5.74) is 0. The molecular weight excluding hydrogens is 312 g/mol. The van der Waals surface area contributed by atoms with Gasteiger partial charge in [0.25, 0.3) is 0 Å². The minimum atomic E-state index is 0.859. The van der Waals surface area contributed by atoms with Crippen molar-refractivity contribution in [1.29, 1.82) is 0 Å². The quantitative estimate of drug-likeness (QED) is 0.870. The predicted molar refractivity (Wildman–Crippen MR) is 86.9 cm³/mol. The number of benzene rings is 1. The molecule has 1 N–H and O–H groups in total. The third-order valence-corrected chi connectivity index (χ3v) is 5.86. The molecule has 4 rings (SSSR count). The number of nitrogens with zero attached hydrogens (tertiary/aromatic N) is 1. The lowest BCUT2D eigenvalue weighted by molar-refractivity contribution is 0.348. The zero-order chi connectivity index (χ0) is 13.5. The van der Waals surface area contributed by atoms with Crippen molar-refractivity contribution in [3.63, 3.8) is 0 Å². The van der Waals surface area contributed by atoms with E-state index in [9.17, 15) is 0 Å². The molecule has 0 amide bonds. The first-order chi connectivity index (χ1) is 9.81. The monoisotopic (exact) mass is 330 g/mol. The van der Waals surface area contributed by atoms with E-state index < -0.39 is 0 Å². The van der Waals surface area contributed by atoms with Gasteiger partial charge in [0, 0.05) is 28.0 Å². The Balaban J connectivity index is 1.55. The highest BCUT2D eigenvalue weighted by Crippen LogP contribution is 2.48. The van der Waals surface area contributed by atoms with Gasteiger partial charge in [-0.15, -0.1) is 0 Å². The number of nitrogens with one attached hydrogen (secondary N) is 1. The van der Waals surface area contributed by atoms with Crippen LogP contribution in [0, 0.1) is 17.8 Å². The van der Waals surface area contributed by atoms with E-state index in [1.165, 1.54) is 36.5 Å². The fourth-order valence-electron chi connectivity index (χ4n) is 4.16. The summed E-state index contributed by atoms with van der Waals surface area (Å²) >= 11 is 3.62. The molecule has 0 radical (unpaired) electrons. The van der Waals surface area contributed by atoms with E-state index in [4.69, 9.17) is 0 Å². The first-order valence-electron chi connectivity index (χ1n) is 7.58. The van der Waals surface area contributed by atoms with Crippen molar-refractivity contribution in [2.45, 2.75) is 25.7 Å². The molecule has 0 aliphatic heterocycles. The summed E-state index contributed by atoms with van der Waals surface area (Å²) in [6.45, 7) is 1.08. The normalized spacial score (nSPS) is 28.1. The van der Waals surface area contributed by atoms with Gasteiger partial charge in [0.05, 0.1) is 0 Å². The van der Waals surface area contributed by atoms with Crippen molar-refractivity contribution < 1.29 is 0 Å². The van der Waals surface area contributed by atoms with E-state index in [1.807, 2.05) is 6.20 Å². The summed E-state index contributed by atoms with van der Waals surface area (Å²) in [5, 5.41) is 6.06. The standard InChI is InChI=1S/C17H19BrN2/c18-16-3-1-2-15-14(16)6-7-19-17(15)20-10-13-9-11-4-5-12(13)8-11/h1-3,6-7,11-13H,4-5,8-10H2,(H,19,20). The van der Waals surface area contributed by atoms with E-state index in [0.29, 0.717) is 0 Å². The number of hydrogen-bond acceptors (Lipinski definition) is 2. The Hall–Kier alpha value is -1.09. The van der Waals surface area contributed by atoms with Gasteiger partial charge in [0.2, 0.25) is 0 Å². The highest BCUT2D eigenvalue weighted by molar-refractivity contribution is 9.10. The predicted octanol–water partition coefficient (Wildman–Crippen LogP) is 4.85. The van der Waals surface area contributed by atoms with Crippen molar-refractivity contribution >= 4 is 32.5 Å². The van der Waals surface area contributed by atoms with Gasteiger partial charge in [-0.1, -0.05) is 34.5 Å². The maximum absolute atomic E-state index is 4.54. The molecule has 2 saturated carbocycles. The first-order valence-corrected chi connectivity index (χ1v) is 8.37. The van der Waals surface area contributed by atoms with Crippen LogP contribution in [0.2, 0.25) is 0 Å². The lowest BCUT2D eigenvalue weighted by Crippen LogP contribution is -2.20. The van der Waals surface area contributed by atoms with Crippen molar-refractivity contribution in [3.8, 4) is 0 Å². The fraction of sp³-hybridized carbons (Fsp3) is 0.471. The van der Waals surface area contributed by atoms with Crippen LogP contribution in [0.3, 0.4) is 0 Å². The molecule has 0 spiro atoms. The number of pyridine rings is 1. The van der Waals surface area contributed by atoms with E-state index in [2.05, 4.69) is 50.5 Å². The molecule has 2 nitrogen and oxygen atoms in total. The van der Waals surface area contributed by atoms with Crippen LogP contribution in [0.1, 0.15) is 25.7 Å². The Bertz CT molecular complexity index is 640. The molecule has 1 heterocycles. The maximum Gasteiger partial charge on any atom is 0.133 e. The van der Waals surface area contributed by atoms with Crippen molar-refractivity contribution in [2.24, 2.45) is 17.8 Å². The number of aromatic nitrogens is 1. The van der Waals surface area contributed by atoms with Crippen LogP contribution >= 0.6 is 15.9 Å². The smallest absolute Gasteiger partial charge is 0.133 e. The largest absolute Gasteiger partial charge is 0.369 e. The van der Waals surface area contributed by atoms with Gasteiger partial charge < -0.3 is 5.32 Å². The van der Waals surface area contributed by atoms with Crippen molar-refractivity contribution in [2.75, 3.05) is 11.9 Å². The minimum Gasteiger partial charge on any atom is -0.369 e. The van der Waals surface area contributed by atoms with Crippen LogP contribution in [0.4, 0.5) is 5.82 Å². The number of fused-ring (bicyclic) bond motifs is 3. The summed E-state index contributed by atoms with van der Waals surface area (Å²) in [6, 6.07) is 8.39. The zero-order valence-electron chi connectivity index (χ0n) is 11.5. The average Bonchev–Trinajstić information content (AvgIpc) is 3.08. The van der Waals surface area contributed by atoms with Gasteiger partial charge in [-0.25, -0.2) is 4.98 Å². The molecule has 0 saturated heterocycles. The lowest BCUT2D eigenvalue weighted by Gasteiger charge is -2.22. The first kappa shape index (κ1) is 12.6. The van der Waals surface area contributed by atoms with Gasteiger partial charge in [-0.3, -0.25) is 0 Å². The molecule has 2 aliphatic carbocycles. The van der Waals surface area contributed by atoms with Crippen LogP contribution in [0.25, 0.3) is 10.8 Å². The molecule has 3 unspecified atom stereocenters. The SMILES string of the molecule is Brc1cccc2c(NCC3CC4CCC3C4)nccc12. The van der Waals surface area contributed by atoms with Gasteiger partial charge >= 0.3 is 0 Å². The second-order valence-corrected chi connectivity index (χ2v) is 7.16. The van der Waals surface area contributed by atoms with E-state index >= 15 is 0 Å².